The quantitative estimate of drug-likeness (QED) is 0.550. The van der Waals surface area contributed by atoms with Gasteiger partial charge in [0.25, 0.3) is 11.5 Å². The maximum absolute atomic E-state index is 12.8. The number of ether oxygens (including phenoxy) is 2. The van der Waals surface area contributed by atoms with Gasteiger partial charge in [-0.1, -0.05) is 30.3 Å². The standard InChI is InChI=1S/C22H18N4O4/c1-26-22(28)16-8-4-3-7-15(16)20(25-26)21(27)24-14-11-12-19(23-13-14)30-18-10-6-5-9-17(18)29-2/h3-13H,1-2H3,(H,24,27). The largest absolute Gasteiger partial charge is 0.493 e. The highest BCUT2D eigenvalue weighted by Crippen LogP contribution is 2.30. The van der Waals surface area contributed by atoms with Crippen LogP contribution >= 0.6 is 0 Å². The van der Waals surface area contributed by atoms with Gasteiger partial charge in [-0.3, -0.25) is 9.59 Å². The summed E-state index contributed by atoms with van der Waals surface area (Å²) >= 11 is 0. The van der Waals surface area contributed by atoms with Crippen molar-refractivity contribution in [1.29, 1.82) is 0 Å². The molecule has 0 aliphatic rings. The van der Waals surface area contributed by atoms with Crippen LogP contribution in [-0.4, -0.2) is 27.8 Å². The number of carbonyl (C=O) groups is 1. The Bertz CT molecular complexity index is 1280. The second-order valence-electron chi connectivity index (χ2n) is 6.42. The number of amides is 1. The van der Waals surface area contributed by atoms with E-state index < -0.39 is 5.91 Å². The summed E-state index contributed by atoms with van der Waals surface area (Å²) in [6.45, 7) is 0. The van der Waals surface area contributed by atoms with Gasteiger partial charge in [-0.05, 0) is 24.3 Å². The second-order valence-corrected chi connectivity index (χ2v) is 6.42. The number of anilines is 1. The van der Waals surface area contributed by atoms with Crippen LogP contribution in [0.2, 0.25) is 0 Å². The molecule has 2 aromatic heterocycles. The van der Waals surface area contributed by atoms with Crippen LogP contribution in [-0.2, 0) is 7.05 Å². The van der Waals surface area contributed by atoms with E-state index >= 15 is 0 Å². The van der Waals surface area contributed by atoms with E-state index in [1.54, 1.807) is 55.6 Å². The van der Waals surface area contributed by atoms with Crippen molar-refractivity contribution < 1.29 is 14.3 Å². The molecule has 0 atom stereocenters. The number of nitrogens with one attached hydrogen (secondary N) is 1. The van der Waals surface area contributed by atoms with Crippen LogP contribution in [0.4, 0.5) is 5.69 Å². The molecule has 0 aliphatic heterocycles. The Morgan fingerprint density at radius 2 is 1.67 bits per heavy atom. The van der Waals surface area contributed by atoms with Crippen molar-refractivity contribution in [1.82, 2.24) is 14.8 Å². The lowest BCUT2D eigenvalue weighted by Crippen LogP contribution is -2.25. The molecule has 0 spiro atoms. The van der Waals surface area contributed by atoms with Gasteiger partial charge in [-0.2, -0.15) is 5.10 Å². The van der Waals surface area contributed by atoms with Crippen molar-refractivity contribution >= 4 is 22.4 Å². The number of fused-ring (bicyclic) bond motifs is 1. The summed E-state index contributed by atoms with van der Waals surface area (Å²) < 4.78 is 12.1. The Hall–Kier alpha value is -4.20. The van der Waals surface area contributed by atoms with E-state index in [4.69, 9.17) is 9.47 Å². The molecule has 4 rings (SSSR count). The third-order valence-corrected chi connectivity index (χ3v) is 4.45. The normalized spacial score (nSPS) is 10.6. The molecule has 0 saturated carbocycles. The van der Waals surface area contributed by atoms with Crippen molar-refractivity contribution in [3.63, 3.8) is 0 Å². The topological polar surface area (TPSA) is 95.3 Å². The van der Waals surface area contributed by atoms with Gasteiger partial charge in [-0.15, -0.1) is 0 Å². The molecule has 8 heteroatoms. The smallest absolute Gasteiger partial charge is 0.276 e. The first kappa shape index (κ1) is 19.1. The molecular weight excluding hydrogens is 384 g/mol. The van der Waals surface area contributed by atoms with Crippen LogP contribution in [0.3, 0.4) is 0 Å². The Morgan fingerprint density at radius 3 is 2.37 bits per heavy atom. The fraction of sp³-hybridized carbons (Fsp3) is 0.0909. The number of para-hydroxylation sites is 2. The molecule has 0 aliphatic carbocycles. The summed E-state index contributed by atoms with van der Waals surface area (Å²) in [5.41, 5.74) is 0.357. The molecule has 30 heavy (non-hydrogen) atoms. The SMILES string of the molecule is COc1ccccc1Oc1ccc(NC(=O)c2nn(C)c(=O)c3ccccc23)cn1. The van der Waals surface area contributed by atoms with Crippen LogP contribution in [0.15, 0.2) is 71.7 Å². The summed E-state index contributed by atoms with van der Waals surface area (Å²) in [6, 6.07) is 17.4. The Balaban J connectivity index is 1.56. The molecular formula is C22H18N4O4. The van der Waals surface area contributed by atoms with Crippen molar-refractivity contribution in [2.75, 3.05) is 12.4 Å². The number of carbonyl (C=O) groups excluding carboxylic acids is 1. The maximum Gasteiger partial charge on any atom is 0.276 e. The van der Waals surface area contributed by atoms with Gasteiger partial charge in [0.2, 0.25) is 5.88 Å². The Morgan fingerprint density at radius 1 is 0.967 bits per heavy atom. The minimum absolute atomic E-state index is 0.155. The fourth-order valence-corrected chi connectivity index (χ4v) is 2.99. The Kier molecular flexibility index (Phi) is 5.13. The van der Waals surface area contributed by atoms with Gasteiger partial charge < -0.3 is 14.8 Å². The van der Waals surface area contributed by atoms with Gasteiger partial charge in [0.05, 0.1) is 24.4 Å². The summed E-state index contributed by atoms with van der Waals surface area (Å²) in [5, 5.41) is 7.79. The number of benzene rings is 2. The number of aryl methyl sites for hydroxylation is 1. The first-order chi connectivity index (χ1) is 14.6. The molecule has 0 saturated heterocycles. The average molecular weight is 402 g/mol. The van der Waals surface area contributed by atoms with Gasteiger partial charge in [-0.25, -0.2) is 9.67 Å². The monoisotopic (exact) mass is 402 g/mol. The maximum atomic E-state index is 12.8. The number of aromatic nitrogens is 3. The molecule has 2 heterocycles. The summed E-state index contributed by atoms with van der Waals surface area (Å²) in [5.74, 6) is 1.03. The molecule has 0 unspecified atom stereocenters. The third kappa shape index (κ3) is 3.70. The van der Waals surface area contributed by atoms with Crippen LogP contribution in [0, 0.1) is 0 Å². The van der Waals surface area contributed by atoms with Crippen LogP contribution in [0.25, 0.3) is 10.8 Å². The van der Waals surface area contributed by atoms with E-state index in [9.17, 15) is 9.59 Å². The number of hydrogen-bond donors (Lipinski definition) is 1. The minimum Gasteiger partial charge on any atom is -0.493 e. The van der Waals surface area contributed by atoms with Gasteiger partial charge in [0, 0.05) is 18.5 Å². The lowest BCUT2D eigenvalue weighted by atomic mass is 10.1. The van der Waals surface area contributed by atoms with Crippen LogP contribution in [0.5, 0.6) is 17.4 Å². The highest BCUT2D eigenvalue weighted by molar-refractivity contribution is 6.11. The van der Waals surface area contributed by atoms with Crippen LogP contribution < -0.4 is 20.3 Å². The van der Waals surface area contributed by atoms with E-state index in [-0.39, 0.29) is 11.3 Å². The Labute approximate surface area is 171 Å². The lowest BCUT2D eigenvalue weighted by molar-refractivity contribution is 0.102. The predicted molar refractivity (Wildman–Crippen MR) is 112 cm³/mol. The van der Waals surface area contributed by atoms with Crippen molar-refractivity contribution in [3.05, 3.63) is 82.9 Å². The molecule has 0 fully saturated rings. The first-order valence-electron chi connectivity index (χ1n) is 9.11. The molecule has 0 radical (unpaired) electrons. The van der Waals surface area contributed by atoms with Crippen molar-refractivity contribution in [3.8, 4) is 17.4 Å². The second kappa shape index (κ2) is 8.04. The van der Waals surface area contributed by atoms with E-state index in [2.05, 4.69) is 15.4 Å². The molecule has 4 aromatic rings. The van der Waals surface area contributed by atoms with Gasteiger partial charge in [0.1, 0.15) is 0 Å². The third-order valence-electron chi connectivity index (χ3n) is 4.45. The van der Waals surface area contributed by atoms with Gasteiger partial charge >= 0.3 is 0 Å². The molecule has 0 bridgehead atoms. The summed E-state index contributed by atoms with van der Waals surface area (Å²) in [7, 11) is 3.07. The molecule has 150 valence electrons. The number of rotatable bonds is 5. The lowest BCUT2D eigenvalue weighted by Gasteiger charge is -2.10. The molecule has 2 aromatic carbocycles. The number of pyridine rings is 1. The number of methoxy groups -OCH3 is 1. The predicted octanol–water partition coefficient (Wildman–Crippen LogP) is 3.38. The number of nitrogens with zero attached hydrogens (tertiary/aromatic N) is 3. The zero-order valence-corrected chi connectivity index (χ0v) is 16.3. The van der Waals surface area contributed by atoms with Gasteiger partial charge in [0.15, 0.2) is 17.2 Å². The number of hydrogen-bond acceptors (Lipinski definition) is 6. The molecule has 1 N–H and O–H groups in total. The van der Waals surface area contributed by atoms with Crippen molar-refractivity contribution in [2.45, 2.75) is 0 Å². The van der Waals surface area contributed by atoms with E-state index in [0.717, 1.165) is 4.68 Å². The van der Waals surface area contributed by atoms with E-state index in [1.165, 1.54) is 13.2 Å². The van der Waals surface area contributed by atoms with E-state index in [0.29, 0.717) is 33.8 Å². The zero-order valence-electron chi connectivity index (χ0n) is 16.3. The fourth-order valence-electron chi connectivity index (χ4n) is 2.99. The summed E-state index contributed by atoms with van der Waals surface area (Å²) in [6.07, 6.45) is 1.48. The average Bonchev–Trinajstić information content (AvgIpc) is 2.78. The zero-order chi connectivity index (χ0) is 21.1. The minimum atomic E-state index is -0.443. The van der Waals surface area contributed by atoms with Crippen LogP contribution in [0.1, 0.15) is 10.5 Å². The highest BCUT2D eigenvalue weighted by Gasteiger charge is 2.16. The van der Waals surface area contributed by atoms with E-state index in [1.807, 2.05) is 12.1 Å². The van der Waals surface area contributed by atoms with Crippen molar-refractivity contribution in [2.24, 2.45) is 7.05 Å². The summed E-state index contributed by atoms with van der Waals surface area (Å²) in [4.78, 5) is 29.2. The first-order valence-corrected chi connectivity index (χ1v) is 9.11. The molecule has 1 amide bonds. The molecule has 8 nitrogen and oxygen atoms in total. The highest BCUT2D eigenvalue weighted by atomic mass is 16.5.